The summed E-state index contributed by atoms with van der Waals surface area (Å²) >= 11 is 0. The highest BCUT2D eigenvalue weighted by Crippen LogP contribution is 2.18. The largest absolute Gasteiger partial charge is 0.497 e. The molecule has 1 unspecified atom stereocenters. The number of ether oxygens (including phenoxy) is 1. The molecular formula is C19H28N4O3. The average Bonchev–Trinajstić information content (AvgIpc) is 3.13. The number of benzene rings is 1. The summed E-state index contributed by atoms with van der Waals surface area (Å²) in [7, 11) is 1.61. The second-order valence-corrected chi connectivity index (χ2v) is 6.24. The van der Waals surface area contributed by atoms with Gasteiger partial charge in [0.05, 0.1) is 18.9 Å². The Kier molecular flexibility index (Phi) is 7.47. The number of nitrogens with zero attached hydrogens (tertiary/aromatic N) is 2. The summed E-state index contributed by atoms with van der Waals surface area (Å²) in [5.74, 6) is 2.35. The Labute approximate surface area is 154 Å². The van der Waals surface area contributed by atoms with Crippen molar-refractivity contribution in [2.45, 2.75) is 39.3 Å². The zero-order valence-corrected chi connectivity index (χ0v) is 15.8. The molecule has 7 heteroatoms. The second kappa shape index (κ2) is 9.82. The summed E-state index contributed by atoms with van der Waals surface area (Å²) < 4.78 is 10.5. The van der Waals surface area contributed by atoms with E-state index in [1.807, 2.05) is 37.3 Å². The molecule has 2 rings (SSSR count). The highest BCUT2D eigenvalue weighted by Gasteiger charge is 2.10. The first kappa shape index (κ1) is 19.8. The predicted octanol–water partition coefficient (Wildman–Crippen LogP) is 2.60. The molecule has 1 heterocycles. The minimum Gasteiger partial charge on any atom is -0.497 e. The van der Waals surface area contributed by atoms with Gasteiger partial charge in [-0.2, -0.15) is 0 Å². The van der Waals surface area contributed by atoms with E-state index in [0.29, 0.717) is 36.5 Å². The molecule has 0 aliphatic heterocycles. The average molecular weight is 360 g/mol. The Bertz CT molecular complexity index is 712. The van der Waals surface area contributed by atoms with E-state index in [1.54, 1.807) is 7.11 Å². The van der Waals surface area contributed by atoms with Gasteiger partial charge >= 0.3 is 0 Å². The van der Waals surface area contributed by atoms with E-state index in [0.717, 1.165) is 17.8 Å². The molecule has 0 saturated carbocycles. The quantitative estimate of drug-likeness (QED) is 0.495. The number of methoxy groups -OCH3 is 1. The smallest absolute Gasteiger partial charge is 0.191 e. The van der Waals surface area contributed by atoms with Crippen LogP contribution < -0.4 is 15.4 Å². The van der Waals surface area contributed by atoms with Crippen molar-refractivity contribution >= 4 is 5.96 Å². The Hall–Kier alpha value is -2.54. The summed E-state index contributed by atoms with van der Waals surface area (Å²) in [6.45, 7) is 7.54. The first-order valence-electron chi connectivity index (χ1n) is 8.83. The molecule has 0 radical (unpaired) electrons. The molecule has 0 spiro atoms. The second-order valence-electron chi connectivity index (χ2n) is 6.24. The van der Waals surface area contributed by atoms with Gasteiger partial charge in [-0.25, -0.2) is 4.99 Å². The Balaban J connectivity index is 1.95. The highest BCUT2D eigenvalue weighted by atomic mass is 16.5. The van der Waals surface area contributed by atoms with Gasteiger partial charge in [-0.15, -0.1) is 0 Å². The van der Waals surface area contributed by atoms with Crippen LogP contribution in [0.2, 0.25) is 0 Å². The van der Waals surface area contributed by atoms with Crippen molar-refractivity contribution < 1.29 is 14.4 Å². The molecule has 142 valence electrons. The maximum absolute atomic E-state index is 10.4. The number of nitrogens with one attached hydrogen (secondary N) is 2. The van der Waals surface area contributed by atoms with Crippen LogP contribution in [-0.2, 0) is 6.54 Å². The molecule has 2 aromatic rings. The van der Waals surface area contributed by atoms with Crippen LogP contribution in [0.3, 0.4) is 0 Å². The Morgan fingerprint density at radius 3 is 2.77 bits per heavy atom. The standard InChI is InChI=1S/C19H28N4O3/c1-5-20-19(21-11-16-10-17(13(2)3)23-26-16)22-12-18(24)14-7-6-8-15(9-14)25-4/h6-10,13,18,24H,5,11-12H2,1-4H3,(H2,20,21,22). The fraction of sp³-hybridized carbons (Fsp3) is 0.474. The van der Waals surface area contributed by atoms with Gasteiger partial charge in [0, 0.05) is 19.2 Å². The minimum atomic E-state index is -0.674. The van der Waals surface area contributed by atoms with Crippen molar-refractivity contribution in [3.63, 3.8) is 0 Å². The zero-order chi connectivity index (χ0) is 18.9. The topological polar surface area (TPSA) is 91.9 Å². The van der Waals surface area contributed by atoms with Gasteiger partial charge in [0.1, 0.15) is 12.3 Å². The summed E-state index contributed by atoms with van der Waals surface area (Å²) in [5, 5.41) is 20.7. The van der Waals surface area contributed by atoms with Crippen LogP contribution in [0.25, 0.3) is 0 Å². The first-order chi connectivity index (χ1) is 12.5. The van der Waals surface area contributed by atoms with Crippen LogP contribution >= 0.6 is 0 Å². The fourth-order valence-electron chi connectivity index (χ4n) is 2.33. The molecule has 0 amide bonds. The number of aromatic nitrogens is 1. The van der Waals surface area contributed by atoms with Gasteiger partial charge in [0.2, 0.25) is 0 Å². The van der Waals surface area contributed by atoms with Crippen LogP contribution in [0.5, 0.6) is 5.75 Å². The van der Waals surface area contributed by atoms with E-state index >= 15 is 0 Å². The molecule has 0 bridgehead atoms. The lowest BCUT2D eigenvalue weighted by atomic mass is 10.1. The maximum Gasteiger partial charge on any atom is 0.191 e. The number of aliphatic hydroxyl groups excluding tert-OH is 1. The van der Waals surface area contributed by atoms with Gasteiger partial charge < -0.3 is 25.0 Å². The third-order valence-corrected chi connectivity index (χ3v) is 3.85. The SMILES string of the molecule is CCNC(=NCc1cc(C(C)C)no1)NCC(O)c1cccc(OC)c1. The first-order valence-corrected chi connectivity index (χ1v) is 8.83. The monoisotopic (exact) mass is 360 g/mol. The molecule has 1 atom stereocenters. The van der Waals surface area contributed by atoms with E-state index in [4.69, 9.17) is 9.26 Å². The van der Waals surface area contributed by atoms with Gasteiger partial charge in [0.15, 0.2) is 11.7 Å². The molecule has 1 aromatic heterocycles. The van der Waals surface area contributed by atoms with Crippen LogP contribution in [0, 0.1) is 0 Å². The number of hydrogen-bond acceptors (Lipinski definition) is 5. The van der Waals surface area contributed by atoms with Crippen LogP contribution in [0.4, 0.5) is 0 Å². The van der Waals surface area contributed by atoms with Crippen LogP contribution in [-0.4, -0.2) is 36.4 Å². The summed E-state index contributed by atoms with van der Waals surface area (Å²) in [5.41, 5.74) is 1.70. The molecular weight excluding hydrogens is 332 g/mol. The molecule has 3 N–H and O–H groups in total. The lowest BCUT2D eigenvalue weighted by Gasteiger charge is -2.16. The Morgan fingerprint density at radius 2 is 2.12 bits per heavy atom. The normalized spacial score (nSPS) is 12.9. The zero-order valence-electron chi connectivity index (χ0n) is 15.8. The van der Waals surface area contributed by atoms with Crippen LogP contribution in [0.1, 0.15) is 49.8 Å². The summed E-state index contributed by atoms with van der Waals surface area (Å²) in [6, 6.07) is 9.30. The van der Waals surface area contributed by atoms with Gasteiger partial charge in [0.25, 0.3) is 0 Å². The lowest BCUT2D eigenvalue weighted by molar-refractivity contribution is 0.180. The van der Waals surface area contributed by atoms with Crippen molar-refractivity contribution in [2.75, 3.05) is 20.2 Å². The molecule has 0 aliphatic rings. The molecule has 7 nitrogen and oxygen atoms in total. The van der Waals surface area contributed by atoms with Gasteiger partial charge in [-0.3, -0.25) is 0 Å². The minimum absolute atomic E-state index is 0.320. The number of hydrogen-bond donors (Lipinski definition) is 3. The lowest BCUT2D eigenvalue weighted by Crippen LogP contribution is -2.39. The Morgan fingerprint density at radius 1 is 1.31 bits per heavy atom. The predicted molar refractivity (Wildman–Crippen MR) is 101 cm³/mol. The molecule has 0 fully saturated rings. The van der Waals surface area contributed by atoms with Crippen molar-refractivity contribution in [2.24, 2.45) is 4.99 Å². The third kappa shape index (κ3) is 5.77. The van der Waals surface area contributed by atoms with Gasteiger partial charge in [-0.1, -0.05) is 31.1 Å². The van der Waals surface area contributed by atoms with Crippen molar-refractivity contribution in [3.05, 3.63) is 47.3 Å². The molecule has 1 aromatic carbocycles. The molecule has 26 heavy (non-hydrogen) atoms. The molecule has 0 saturated heterocycles. The van der Waals surface area contributed by atoms with E-state index in [9.17, 15) is 5.11 Å². The van der Waals surface area contributed by atoms with E-state index in [-0.39, 0.29) is 0 Å². The van der Waals surface area contributed by atoms with Crippen molar-refractivity contribution in [1.82, 2.24) is 15.8 Å². The van der Waals surface area contributed by atoms with E-state index < -0.39 is 6.10 Å². The number of guanidine groups is 1. The van der Waals surface area contributed by atoms with E-state index in [2.05, 4.69) is 34.6 Å². The summed E-state index contributed by atoms with van der Waals surface area (Å²) in [6.07, 6.45) is -0.674. The fourth-order valence-corrected chi connectivity index (χ4v) is 2.33. The highest BCUT2D eigenvalue weighted by molar-refractivity contribution is 5.79. The van der Waals surface area contributed by atoms with Gasteiger partial charge in [-0.05, 0) is 30.5 Å². The van der Waals surface area contributed by atoms with E-state index in [1.165, 1.54) is 0 Å². The summed E-state index contributed by atoms with van der Waals surface area (Å²) in [4.78, 5) is 4.48. The number of aliphatic imine (C=N–C) groups is 1. The van der Waals surface area contributed by atoms with Crippen LogP contribution in [0.15, 0.2) is 39.8 Å². The number of aliphatic hydroxyl groups is 1. The maximum atomic E-state index is 10.4. The van der Waals surface area contributed by atoms with Crippen molar-refractivity contribution in [1.29, 1.82) is 0 Å². The third-order valence-electron chi connectivity index (χ3n) is 3.85. The molecule has 0 aliphatic carbocycles. The number of rotatable bonds is 8. The van der Waals surface area contributed by atoms with Crippen molar-refractivity contribution in [3.8, 4) is 5.75 Å².